The largest absolute Gasteiger partial charge is 0.241 e. The van der Waals surface area contributed by atoms with E-state index in [1.807, 2.05) is 0 Å². The average molecular weight is 243 g/mol. The zero-order valence-electron chi connectivity index (χ0n) is 8.87. The summed E-state index contributed by atoms with van der Waals surface area (Å²) in [7, 11) is 0. The van der Waals surface area contributed by atoms with Crippen LogP contribution < -0.4 is 0 Å². The molecule has 2 rings (SSSR count). The van der Waals surface area contributed by atoms with Crippen molar-refractivity contribution in [1.82, 2.24) is 9.97 Å². The molecule has 1 unspecified atom stereocenters. The van der Waals surface area contributed by atoms with Crippen molar-refractivity contribution in [2.45, 2.75) is 42.9 Å². The Morgan fingerprint density at radius 1 is 1.40 bits per heavy atom. The van der Waals surface area contributed by atoms with Crippen molar-refractivity contribution in [3.63, 3.8) is 0 Å². The molecule has 1 aromatic rings. The first kappa shape index (κ1) is 11.2. The second-order valence-electron chi connectivity index (χ2n) is 3.89. The van der Waals surface area contributed by atoms with Gasteiger partial charge in [-0.3, -0.25) is 0 Å². The molecule has 1 aliphatic carbocycles. The molecule has 15 heavy (non-hydrogen) atoms. The second-order valence-corrected chi connectivity index (χ2v) is 5.63. The molecule has 0 saturated carbocycles. The molecule has 1 atom stereocenters. The van der Waals surface area contributed by atoms with Gasteiger partial charge in [0.1, 0.15) is 11.4 Å². The van der Waals surface area contributed by atoms with Crippen molar-refractivity contribution >= 4 is 23.4 Å². The minimum atomic E-state index is 0.424. The highest BCUT2D eigenvalue weighted by Crippen LogP contribution is 2.30. The lowest BCUT2D eigenvalue weighted by Gasteiger charge is -2.18. The van der Waals surface area contributed by atoms with Crippen LogP contribution in [0.5, 0.6) is 0 Å². The number of nitrogens with zero attached hydrogens (tertiary/aromatic N) is 2. The minimum Gasteiger partial charge on any atom is -0.241 e. The van der Waals surface area contributed by atoms with E-state index in [0.29, 0.717) is 11.1 Å². The van der Waals surface area contributed by atoms with Gasteiger partial charge in [0.05, 0.1) is 0 Å². The van der Waals surface area contributed by atoms with E-state index in [1.165, 1.54) is 24.1 Å². The van der Waals surface area contributed by atoms with E-state index in [2.05, 4.69) is 16.9 Å². The zero-order chi connectivity index (χ0) is 10.7. The van der Waals surface area contributed by atoms with E-state index >= 15 is 0 Å². The van der Waals surface area contributed by atoms with Gasteiger partial charge in [-0.15, -0.1) is 23.4 Å². The highest BCUT2D eigenvalue weighted by atomic mass is 35.5. The van der Waals surface area contributed by atoms with Gasteiger partial charge in [-0.25, -0.2) is 9.97 Å². The molecule has 0 aromatic carbocycles. The monoisotopic (exact) mass is 242 g/mol. The first-order valence-corrected chi connectivity index (χ1v) is 6.78. The third kappa shape index (κ3) is 2.64. The van der Waals surface area contributed by atoms with E-state index in [9.17, 15) is 0 Å². The van der Waals surface area contributed by atoms with Crippen molar-refractivity contribution in [3.8, 4) is 0 Å². The molecule has 0 radical (unpaired) electrons. The Balaban J connectivity index is 2.23. The van der Waals surface area contributed by atoms with Gasteiger partial charge in [0.2, 0.25) is 0 Å². The molecule has 1 aromatic heterocycles. The molecular formula is C11H15ClN2S. The number of aromatic nitrogens is 2. The molecule has 4 heteroatoms. The lowest BCUT2D eigenvalue weighted by molar-refractivity contribution is 0.645. The highest BCUT2D eigenvalue weighted by Gasteiger charge is 2.16. The maximum atomic E-state index is 5.82. The van der Waals surface area contributed by atoms with Gasteiger partial charge >= 0.3 is 0 Å². The van der Waals surface area contributed by atoms with Gasteiger partial charge in [-0.05, 0) is 25.7 Å². The van der Waals surface area contributed by atoms with Gasteiger partial charge in [0.25, 0.3) is 0 Å². The van der Waals surface area contributed by atoms with Crippen LogP contribution in [0.2, 0.25) is 0 Å². The number of fused-ring (bicyclic) bond motifs is 1. The van der Waals surface area contributed by atoms with Crippen LogP contribution in [0.4, 0.5) is 0 Å². The third-order valence-electron chi connectivity index (χ3n) is 2.62. The molecule has 0 saturated heterocycles. The summed E-state index contributed by atoms with van der Waals surface area (Å²) in [4.78, 5) is 8.73. The van der Waals surface area contributed by atoms with Crippen molar-refractivity contribution in [2.24, 2.45) is 0 Å². The van der Waals surface area contributed by atoms with Crippen molar-refractivity contribution < 1.29 is 0 Å². The Morgan fingerprint density at radius 2 is 2.20 bits per heavy atom. The number of aryl methyl sites for hydroxylation is 1. The van der Waals surface area contributed by atoms with Crippen LogP contribution in [0.15, 0.2) is 11.4 Å². The molecule has 0 aliphatic heterocycles. The Bertz CT molecular complexity index is 343. The van der Waals surface area contributed by atoms with Crippen LogP contribution in [0.25, 0.3) is 0 Å². The summed E-state index contributed by atoms with van der Waals surface area (Å²) in [6.45, 7) is 2.13. The van der Waals surface area contributed by atoms with Gasteiger partial charge in [-0.1, -0.05) is 6.92 Å². The smallest absolute Gasteiger partial charge is 0.116 e. The fourth-order valence-electron chi connectivity index (χ4n) is 1.81. The molecule has 1 heterocycles. The van der Waals surface area contributed by atoms with Crippen molar-refractivity contribution in [1.29, 1.82) is 0 Å². The average Bonchev–Trinajstić information content (AvgIpc) is 2.29. The van der Waals surface area contributed by atoms with E-state index in [-0.39, 0.29) is 0 Å². The lowest BCUT2D eigenvalue weighted by Crippen LogP contribution is -2.09. The highest BCUT2D eigenvalue weighted by molar-refractivity contribution is 8.00. The Kier molecular flexibility index (Phi) is 3.87. The van der Waals surface area contributed by atoms with Crippen LogP contribution in [-0.2, 0) is 12.8 Å². The molecular weight excluding hydrogens is 228 g/mol. The quantitative estimate of drug-likeness (QED) is 0.463. The number of halogens is 1. The number of hydrogen-bond acceptors (Lipinski definition) is 3. The van der Waals surface area contributed by atoms with Gasteiger partial charge in [0, 0.05) is 22.4 Å². The standard InChI is InChI=1S/C11H15ClN2S/c1-8(6-12)15-11-9-4-2-3-5-10(9)13-7-14-11/h7-8H,2-6H2,1H3. The molecule has 0 bridgehead atoms. The predicted molar refractivity (Wildman–Crippen MR) is 64.7 cm³/mol. The number of rotatable bonds is 3. The predicted octanol–water partition coefficient (Wildman–Crippen LogP) is 3.07. The van der Waals surface area contributed by atoms with Crippen molar-refractivity contribution in [2.75, 3.05) is 5.88 Å². The summed E-state index contributed by atoms with van der Waals surface area (Å²) in [5.41, 5.74) is 2.62. The zero-order valence-corrected chi connectivity index (χ0v) is 10.4. The van der Waals surface area contributed by atoms with Gasteiger partial charge in [0.15, 0.2) is 0 Å². The fourth-order valence-corrected chi connectivity index (χ4v) is 2.92. The van der Waals surface area contributed by atoms with Crippen molar-refractivity contribution in [3.05, 3.63) is 17.6 Å². The van der Waals surface area contributed by atoms with Crippen LogP contribution in [0.3, 0.4) is 0 Å². The van der Waals surface area contributed by atoms with Gasteiger partial charge < -0.3 is 0 Å². The number of alkyl halides is 1. The molecule has 0 N–H and O–H groups in total. The fraction of sp³-hybridized carbons (Fsp3) is 0.636. The Hall–Kier alpha value is -0.280. The first-order valence-electron chi connectivity index (χ1n) is 5.36. The van der Waals surface area contributed by atoms with Crippen LogP contribution in [-0.4, -0.2) is 21.1 Å². The molecule has 1 aliphatic rings. The van der Waals surface area contributed by atoms with Crippen LogP contribution in [0, 0.1) is 0 Å². The first-order chi connectivity index (χ1) is 7.31. The van der Waals surface area contributed by atoms with E-state index in [0.717, 1.165) is 17.9 Å². The summed E-state index contributed by atoms with van der Waals surface area (Å²) in [6, 6.07) is 0. The maximum Gasteiger partial charge on any atom is 0.116 e. The number of thioether (sulfide) groups is 1. The number of hydrogen-bond donors (Lipinski definition) is 0. The van der Waals surface area contributed by atoms with E-state index in [1.54, 1.807) is 18.1 Å². The minimum absolute atomic E-state index is 0.424. The van der Waals surface area contributed by atoms with E-state index in [4.69, 9.17) is 11.6 Å². The SMILES string of the molecule is CC(CCl)Sc1ncnc2c1CCCC2. The maximum absolute atomic E-state index is 5.82. The third-order valence-corrected chi connectivity index (χ3v) is 4.41. The van der Waals surface area contributed by atoms with Gasteiger partial charge in [-0.2, -0.15) is 0 Å². The molecule has 82 valence electrons. The summed E-state index contributed by atoms with van der Waals surface area (Å²) >= 11 is 7.60. The molecule has 0 amide bonds. The Morgan fingerprint density at radius 3 is 3.00 bits per heavy atom. The normalized spacial score (nSPS) is 17.2. The topological polar surface area (TPSA) is 25.8 Å². The summed E-state index contributed by atoms with van der Waals surface area (Å²) in [5, 5.41) is 1.57. The molecule has 2 nitrogen and oxygen atoms in total. The summed E-state index contributed by atoms with van der Waals surface area (Å²) in [5.74, 6) is 0.670. The van der Waals surface area contributed by atoms with Crippen LogP contribution >= 0.6 is 23.4 Å². The summed E-state index contributed by atoms with van der Waals surface area (Å²) < 4.78 is 0. The summed E-state index contributed by atoms with van der Waals surface area (Å²) in [6.07, 6.45) is 6.46. The van der Waals surface area contributed by atoms with Crippen LogP contribution in [0.1, 0.15) is 31.0 Å². The lowest BCUT2D eigenvalue weighted by atomic mass is 9.98. The van der Waals surface area contributed by atoms with E-state index < -0.39 is 0 Å². The second kappa shape index (κ2) is 5.17. The molecule has 0 spiro atoms. The molecule has 0 fully saturated rings. The Labute approximate surface area is 99.8 Å².